The number of aromatic nitrogens is 3. The Morgan fingerprint density at radius 2 is 2.04 bits per heavy atom. The maximum absolute atomic E-state index is 12.4. The molecule has 0 radical (unpaired) electrons. The lowest BCUT2D eigenvalue weighted by Crippen LogP contribution is -2.45. The molecule has 8 heteroatoms. The highest BCUT2D eigenvalue weighted by Gasteiger charge is 2.31. The molecule has 0 unspecified atom stereocenters. The van der Waals surface area contributed by atoms with Crippen molar-refractivity contribution in [3.05, 3.63) is 42.2 Å². The van der Waals surface area contributed by atoms with Gasteiger partial charge in [-0.15, -0.1) is 0 Å². The lowest BCUT2D eigenvalue weighted by molar-refractivity contribution is 0.296. The van der Waals surface area contributed by atoms with Crippen LogP contribution in [0.4, 0.5) is 0 Å². The predicted octanol–water partition coefficient (Wildman–Crippen LogP) is 1.56. The first kappa shape index (κ1) is 17.1. The van der Waals surface area contributed by atoms with Gasteiger partial charge in [0.05, 0.1) is 5.69 Å². The minimum Gasteiger partial charge on any atom is -0.304 e. The van der Waals surface area contributed by atoms with E-state index in [0.29, 0.717) is 13.1 Å². The summed E-state index contributed by atoms with van der Waals surface area (Å²) < 4.78 is 29.6. The Kier molecular flexibility index (Phi) is 4.71. The first-order valence-corrected chi connectivity index (χ1v) is 9.43. The summed E-state index contributed by atoms with van der Waals surface area (Å²) in [7, 11) is -0.239. The first-order valence-electron chi connectivity index (χ1n) is 8.03. The highest BCUT2D eigenvalue weighted by atomic mass is 32.2. The average Bonchev–Trinajstić information content (AvgIpc) is 3.01. The minimum atomic E-state index is -3.38. The minimum absolute atomic E-state index is 0.109. The number of hydrogen-bond donors (Lipinski definition) is 0. The van der Waals surface area contributed by atoms with Crippen molar-refractivity contribution < 1.29 is 8.42 Å². The van der Waals surface area contributed by atoms with Gasteiger partial charge in [-0.05, 0) is 31.9 Å². The van der Waals surface area contributed by atoms with Crippen molar-refractivity contribution in [2.45, 2.75) is 25.7 Å². The Morgan fingerprint density at radius 3 is 2.71 bits per heavy atom. The smallest absolute Gasteiger partial charge is 0.281 e. The van der Waals surface area contributed by atoms with Crippen molar-refractivity contribution in [2.24, 2.45) is 0 Å². The summed E-state index contributed by atoms with van der Waals surface area (Å²) in [5, 5.41) is 0. The van der Waals surface area contributed by atoms with Crippen LogP contribution in [0.25, 0.3) is 5.69 Å². The zero-order chi connectivity index (χ0) is 17.3. The van der Waals surface area contributed by atoms with Crippen molar-refractivity contribution in [3.8, 4) is 5.69 Å². The number of piperidine rings is 1. The number of nitrogens with zero attached hydrogens (tertiary/aromatic N) is 5. The molecule has 0 aliphatic carbocycles. The van der Waals surface area contributed by atoms with Crippen LogP contribution in [0.15, 0.2) is 30.7 Å². The lowest BCUT2D eigenvalue weighted by Gasteiger charge is -2.33. The molecule has 0 bridgehead atoms. The molecule has 130 valence electrons. The maximum Gasteiger partial charge on any atom is 0.281 e. The Morgan fingerprint density at radius 1 is 1.25 bits per heavy atom. The van der Waals surface area contributed by atoms with E-state index in [0.717, 1.165) is 30.0 Å². The molecule has 0 spiro atoms. The second-order valence-corrected chi connectivity index (χ2v) is 8.41. The molecular formula is C16H23N5O2S. The fourth-order valence-corrected chi connectivity index (χ4v) is 4.27. The zero-order valence-corrected chi connectivity index (χ0v) is 15.1. The van der Waals surface area contributed by atoms with Gasteiger partial charge in [0.1, 0.15) is 5.82 Å². The molecule has 3 heterocycles. The van der Waals surface area contributed by atoms with E-state index in [2.05, 4.69) is 9.97 Å². The van der Waals surface area contributed by atoms with Gasteiger partial charge < -0.3 is 4.57 Å². The molecule has 0 aromatic carbocycles. The molecule has 0 N–H and O–H groups in total. The van der Waals surface area contributed by atoms with Crippen molar-refractivity contribution in [1.29, 1.82) is 0 Å². The number of imidazole rings is 1. The van der Waals surface area contributed by atoms with E-state index in [1.54, 1.807) is 30.8 Å². The van der Waals surface area contributed by atoms with Crippen LogP contribution in [-0.2, 0) is 10.2 Å². The SMILES string of the molecule is Cc1nccn1-c1ccnc([C@H]2CCCN(S(=O)(=O)N(C)C)C2)c1. The second kappa shape index (κ2) is 6.62. The third kappa shape index (κ3) is 3.22. The van der Waals surface area contributed by atoms with E-state index in [1.807, 2.05) is 29.8 Å². The zero-order valence-electron chi connectivity index (χ0n) is 14.3. The number of hydrogen-bond acceptors (Lipinski definition) is 4. The third-order valence-electron chi connectivity index (χ3n) is 4.46. The van der Waals surface area contributed by atoms with Crippen LogP contribution in [0.3, 0.4) is 0 Å². The van der Waals surface area contributed by atoms with Gasteiger partial charge in [0.15, 0.2) is 0 Å². The fourth-order valence-electron chi connectivity index (χ4n) is 3.08. The molecule has 24 heavy (non-hydrogen) atoms. The Labute approximate surface area is 143 Å². The Balaban J connectivity index is 1.86. The average molecular weight is 349 g/mol. The summed E-state index contributed by atoms with van der Waals surface area (Å²) in [5.41, 5.74) is 1.93. The van der Waals surface area contributed by atoms with Crippen LogP contribution in [-0.4, -0.2) is 58.7 Å². The van der Waals surface area contributed by atoms with Gasteiger partial charge in [-0.25, -0.2) is 4.98 Å². The molecule has 0 saturated carbocycles. The van der Waals surface area contributed by atoms with Crippen LogP contribution >= 0.6 is 0 Å². The predicted molar refractivity (Wildman–Crippen MR) is 92.3 cm³/mol. The molecule has 2 aromatic rings. The van der Waals surface area contributed by atoms with Crippen LogP contribution < -0.4 is 0 Å². The van der Waals surface area contributed by atoms with E-state index in [-0.39, 0.29) is 5.92 Å². The van der Waals surface area contributed by atoms with Crippen LogP contribution in [0.2, 0.25) is 0 Å². The highest BCUT2D eigenvalue weighted by Crippen LogP contribution is 2.28. The van der Waals surface area contributed by atoms with Crippen molar-refractivity contribution in [1.82, 2.24) is 23.1 Å². The summed E-state index contributed by atoms with van der Waals surface area (Å²) in [5.74, 6) is 1.02. The van der Waals surface area contributed by atoms with Gasteiger partial charge >= 0.3 is 0 Å². The Hall–Kier alpha value is -1.77. The van der Waals surface area contributed by atoms with E-state index in [9.17, 15) is 8.42 Å². The summed E-state index contributed by atoms with van der Waals surface area (Å²) >= 11 is 0. The third-order valence-corrected chi connectivity index (χ3v) is 6.37. The van der Waals surface area contributed by atoms with Crippen molar-refractivity contribution in [2.75, 3.05) is 27.2 Å². The fraction of sp³-hybridized carbons (Fsp3) is 0.500. The van der Waals surface area contributed by atoms with Gasteiger partial charge in [-0.1, -0.05) is 0 Å². The van der Waals surface area contributed by atoms with Gasteiger partial charge in [-0.2, -0.15) is 17.0 Å². The van der Waals surface area contributed by atoms with E-state index in [4.69, 9.17) is 0 Å². The second-order valence-electron chi connectivity index (χ2n) is 6.27. The van der Waals surface area contributed by atoms with Gasteiger partial charge in [-0.3, -0.25) is 4.98 Å². The summed E-state index contributed by atoms with van der Waals surface area (Å²) in [6.07, 6.45) is 7.25. The molecule has 1 aliphatic rings. The molecule has 7 nitrogen and oxygen atoms in total. The van der Waals surface area contributed by atoms with Crippen LogP contribution in [0, 0.1) is 6.92 Å². The van der Waals surface area contributed by atoms with Crippen LogP contribution in [0.5, 0.6) is 0 Å². The van der Waals surface area contributed by atoms with Gasteiger partial charge in [0.25, 0.3) is 10.2 Å². The molecule has 0 amide bonds. The quantitative estimate of drug-likeness (QED) is 0.840. The van der Waals surface area contributed by atoms with E-state index < -0.39 is 10.2 Å². The largest absolute Gasteiger partial charge is 0.304 e. The summed E-state index contributed by atoms with van der Waals surface area (Å²) in [4.78, 5) is 8.74. The molecule has 1 fully saturated rings. The van der Waals surface area contributed by atoms with E-state index in [1.165, 1.54) is 4.31 Å². The molecule has 3 rings (SSSR count). The summed E-state index contributed by atoms with van der Waals surface area (Å²) in [6, 6.07) is 3.97. The number of aryl methyl sites for hydroxylation is 1. The van der Waals surface area contributed by atoms with E-state index >= 15 is 0 Å². The van der Waals surface area contributed by atoms with Crippen molar-refractivity contribution >= 4 is 10.2 Å². The first-order chi connectivity index (χ1) is 11.4. The maximum atomic E-state index is 12.4. The monoisotopic (exact) mass is 349 g/mol. The van der Waals surface area contributed by atoms with Gasteiger partial charge in [0, 0.05) is 57.4 Å². The summed E-state index contributed by atoms with van der Waals surface area (Å²) in [6.45, 7) is 2.99. The number of pyridine rings is 1. The Bertz CT molecular complexity index is 815. The standard InChI is InChI=1S/C16H23N5O2S/c1-13-17-8-10-21(13)15-6-7-18-16(11-15)14-5-4-9-20(12-14)24(22,23)19(2)3/h6-8,10-11,14H,4-5,9,12H2,1-3H3/t14-/m0/s1. The number of rotatable bonds is 4. The van der Waals surface area contributed by atoms with Crippen molar-refractivity contribution in [3.63, 3.8) is 0 Å². The molecule has 1 saturated heterocycles. The topological polar surface area (TPSA) is 71.3 Å². The molecule has 1 atom stereocenters. The van der Waals surface area contributed by atoms with Gasteiger partial charge in [0.2, 0.25) is 0 Å². The normalized spacial score (nSPS) is 19.8. The molecule has 2 aromatic heterocycles. The molecule has 1 aliphatic heterocycles. The van der Waals surface area contributed by atoms with Crippen LogP contribution in [0.1, 0.15) is 30.3 Å². The molecular weight excluding hydrogens is 326 g/mol. The lowest BCUT2D eigenvalue weighted by atomic mass is 9.95. The highest BCUT2D eigenvalue weighted by molar-refractivity contribution is 7.86.